The Morgan fingerprint density at radius 3 is 2.38 bits per heavy atom. The van der Waals surface area contributed by atoms with Crippen molar-refractivity contribution >= 4 is 29.5 Å². The summed E-state index contributed by atoms with van der Waals surface area (Å²) in [6.07, 6.45) is -3.95. The average molecular weight is 442 g/mol. The van der Waals surface area contributed by atoms with E-state index in [1.165, 1.54) is 36.4 Å². The zero-order valence-electron chi connectivity index (χ0n) is 16.5. The maximum Gasteiger partial charge on any atom is 0.416 e. The third-order valence-electron chi connectivity index (χ3n) is 4.30. The molecule has 0 heterocycles. The fourth-order valence-corrected chi connectivity index (χ4v) is 2.80. The molecule has 2 amide bonds. The highest BCUT2D eigenvalue weighted by Gasteiger charge is 2.30. The number of para-hydroxylation sites is 2. The van der Waals surface area contributed by atoms with Gasteiger partial charge in [-0.3, -0.25) is 14.4 Å². The van der Waals surface area contributed by atoms with Crippen molar-refractivity contribution in [1.29, 1.82) is 0 Å². The SMILES string of the molecule is O=Cc1ccccc1OCC(=O)Nc1ccccc1C(=O)Nc1cccc(C(F)(F)F)c1. The normalized spacial score (nSPS) is 10.8. The predicted octanol–water partition coefficient (Wildman–Crippen LogP) is 4.79. The van der Waals surface area contributed by atoms with Crippen LogP contribution < -0.4 is 15.4 Å². The monoisotopic (exact) mass is 442 g/mol. The zero-order chi connectivity index (χ0) is 23.1. The number of amides is 2. The van der Waals surface area contributed by atoms with Gasteiger partial charge >= 0.3 is 6.18 Å². The number of rotatable bonds is 7. The number of anilines is 2. The molecule has 3 aromatic rings. The van der Waals surface area contributed by atoms with E-state index in [1.54, 1.807) is 24.3 Å². The number of ether oxygens (including phenoxy) is 1. The Balaban J connectivity index is 1.69. The Bertz CT molecular complexity index is 1150. The van der Waals surface area contributed by atoms with Gasteiger partial charge in [0.25, 0.3) is 11.8 Å². The van der Waals surface area contributed by atoms with E-state index in [0.717, 1.165) is 12.1 Å². The minimum atomic E-state index is -4.55. The first-order valence-electron chi connectivity index (χ1n) is 9.32. The minimum absolute atomic E-state index is 0.0419. The summed E-state index contributed by atoms with van der Waals surface area (Å²) in [7, 11) is 0. The lowest BCUT2D eigenvalue weighted by Gasteiger charge is -2.13. The van der Waals surface area contributed by atoms with Gasteiger partial charge in [0.2, 0.25) is 0 Å². The van der Waals surface area contributed by atoms with Gasteiger partial charge in [-0.25, -0.2) is 0 Å². The molecule has 0 saturated carbocycles. The average Bonchev–Trinajstić information content (AvgIpc) is 2.78. The van der Waals surface area contributed by atoms with Gasteiger partial charge in [0.15, 0.2) is 12.9 Å². The van der Waals surface area contributed by atoms with E-state index in [2.05, 4.69) is 10.6 Å². The third kappa shape index (κ3) is 5.72. The highest BCUT2D eigenvalue weighted by molar-refractivity contribution is 6.10. The molecule has 3 aromatic carbocycles. The topological polar surface area (TPSA) is 84.5 Å². The summed E-state index contributed by atoms with van der Waals surface area (Å²) < 4.78 is 44.0. The summed E-state index contributed by atoms with van der Waals surface area (Å²) in [6, 6.07) is 16.6. The summed E-state index contributed by atoms with van der Waals surface area (Å²) in [4.78, 5) is 35.9. The van der Waals surface area contributed by atoms with Crippen LogP contribution >= 0.6 is 0 Å². The van der Waals surface area contributed by atoms with Crippen LogP contribution in [0, 0.1) is 0 Å². The standard InChI is InChI=1S/C23H17F3N2O4/c24-23(25,26)16-7-5-8-17(12-16)27-22(31)18-9-2-3-10-19(18)28-21(30)14-32-20-11-4-1-6-15(20)13-29/h1-13H,14H2,(H,27,31)(H,28,30). The Labute approximate surface area is 181 Å². The van der Waals surface area contributed by atoms with Gasteiger partial charge in [-0.05, 0) is 42.5 Å². The van der Waals surface area contributed by atoms with E-state index in [4.69, 9.17) is 4.74 Å². The number of halogens is 3. The Morgan fingerprint density at radius 2 is 1.62 bits per heavy atom. The molecule has 0 bridgehead atoms. The van der Waals surface area contributed by atoms with Gasteiger partial charge in [0, 0.05) is 5.69 Å². The lowest BCUT2D eigenvalue weighted by atomic mass is 10.1. The van der Waals surface area contributed by atoms with Gasteiger partial charge in [-0.2, -0.15) is 13.2 Å². The molecule has 6 nitrogen and oxygen atoms in total. The maximum atomic E-state index is 12.9. The van der Waals surface area contributed by atoms with Gasteiger partial charge in [0.05, 0.1) is 22.4 Å². The number of hydrogen-bond donors (Lipinski definition) is 2. The molecule has 0 aliphatic heterocycles. The van der Waals surface area contributed by atoms with Gasteiger partial charge < -0.3 is 15.4 Å². The van der Waals surface area contributed by atoms with Crippen molar-refractivity contribution in [3.63, 3.8) is 0 Å². The molecule has 0 aliphatic carbocycles. The lowest BCUT2D eigenvalue weighted by molar-refractivity contribution is -0.137. The number of carbonyl (C=O) groups is 3. The van der Waals surface area contributed by atoms with E-state index in [1.807, 2.05) is 0 Å². The molecule has 164 valence electrons. The molecule has 9 heteroatoms. The second-order valence-electron chi connectivity index (χ2n) is 6.57. The van der Waals surface area contributed by atoms with Crippen LogP contribution in [0.5, 0.6) is 5.75 Å². The first kappa shape index (κ1) is 22.5. The van der Waals surface area contributed by atoms with E-state index >= 15 is 0 Å². The summed E-state index contributed by atoms with van der Waals surface area (Å²) in [6.45, 7) is -0.422. The van der Waals surface area contributed by atoms with Gasteiger partial charge in [0.1, 0.15) is 5.75 Å². The van der Waals surface area contributed by atoms with Crippen LogP contribution in [-0.2, 0) is 11.0 Å². The second kappa shape index (κ2) is 9.78. The molecule has 0 aromatic heterocycles. The molecular weight excluding hydrogens is 425 g/mol. The van der Waals surface area contributed by atoms with Crippen molar-refractivity contribution in [2.24, 2.45) is 0 Å². The summed E-state index contributed by atoms with van der Waals surface area (Å²) in [5.74, 6) is -1.06. The fraction of sp³-hybridized carbons (Fsp3) is 0.0870. The van der Waals surface area contributed by atoms with Crippen molar-refractivity contribution in [1.82, 2.24) is 0 Å². The molecule has 0 unspecified atom stereocenters. The number of carbonyl (C=O) groups excluding carboxylic acids is 3. The predicted molar refractivity (Wildman–Crippen MR) is 112 cm³/mol. The van der Waals surface area contributed by atoms with E-state index in [0.29, 0.717) is 6.29 Å². The van der Waals surface area contributed by atoms with Crippen LogP contribution in [0.1, 0.15) is 26.3 Å². The summed E-state index contributed by atoms with van der Waals surface area (Å²) in [5.41, 5.74) is -0.466. The molecule has 3 rings (SSSR count). The van der Waals surface area contributed by atoms with Crippen molar-refractivity contribution in [2.75, 3.05) is 17.2 Å². The Hall–Kier alpha value is -4.14. The molecule has 0 fully saturated rings. The van der Waals surface area contributed by atoms with Crippen LogP contribution in [0.25, 0.3) is 0 Å². The molecule has 0 saturated heterocycles. The second-order valence-corrected chi connectivity index (χ2v) is 6.57. The van der Waals surface area contributed by atoms with Crippen LogP contribution in [0.3, 0.4) is 0 Å². The minimum Gasteiger partial charge on any atom is -0.483 e. The van der Waals surface area contributed by atoms with Crippen LogP contribution in [0.2, 0.25) is 0 Å². The molecule has 2 N–H and O–H groups in total. The number of nitrogens with one attached hydrogen (secondary N) is 2. The Kier molecular flexibility index (Phi) is 6.89. The van der Waals surface area contributed by atoms with Crippen LogP contribution in [-0.4, -0.2) is 24.7 Å². The molecule has 0 spiro atoms. The summed E-state index contributed by atoms with van der Waals surface area (Å²) in [5, 5.41) is 4.92. The first-order valence-corrected chi connectivity index (χ1v) is 9.32. The number of alkyl halides is 3. The Morgan fingerprint density at radius 1 is 0.906 bits per heavy atom. The zero-order valence-corrected chi connectivity index (χ0v) is 16.5. The number of aldehydes is 1. The molecule has 0 aliphatic rings. The maximum absolute atomic E-state index is 12.9. The van der Waals surface area contributed by atoms with Crippen molar-refractivity contribution in [3.8, 4) is 5.75 Å². The fourth-order valence-electron chi connectivity index (χ4n) is 2.80. The largest absolute Gasteiger partial charge is 0.483 e. The van der Waals surface area contributed by atoms with Crippen molar-refractivity contribution in [3.05, 3.63) is 89.5 Å². The van der Waals surface area contributed by atoms with Crippen molar-refractivity contribution in [2.45, 2.75) is 6.18 Å². The number of benzene rings is 3. The highest BCUT2D eigenvalue weighted by Crippen LogP contribution is 2.31. The van der Waals surface area contributed by atoms with E-state index in [-0.39, 0.29) is 28.3 Å². The van der Waals surface area contributed by atoms with Crippen LogP contribution in [0.15, 0.2) is 72.8 Å². The number of hydrogen-bond acceptors (Lipinski definition) is 4. The molecule has 0 radical (unpaired) electrons. The smallest absolute Gasteiger partial charge is 0.416 e. The van der Waals surface area contributed by atoms with Gasteiger partial charge in [-0.1, -0.05) is 30.3 Å². The molecule has 0 atom stereocenters. The lowest BCUT2D eigenvalue weighted by Crippen LogP contribution is -2.23. The molecular formula is C23H17F3N2O4. The van der Waals surface area contributed by atoms with E-state index < -0.39 is 30.2 Å². The highest BCUT2D eigenvalue weighted by atomic mass is 19.4. The van der Waals surface area contributed by atoms with E-state index in [9.17, 15) is 27.6 Å². The molecule has 32 heavy (non-hydrogen) atoms. The van der Waals surface area contributed by atoms with Gasteiger partial charge in [-0.15, -0.1) is 0 Å². The third-order valence-corrected chi connectivity index (χ3v) is 4.30. The van der Waals surface area contributed by atoms with Crippen molar-refractivity contribution < 1.29 is 32.3 Å². The first-order chi connectivity index (χ1) is 15.3. The van der Waals surface area contributed by atoms with Crippen LogP contribution in [0.4, 0.5) is 24.5 Å². The quantitative estimate of drug-likeness (QED) is 0.516. The summed E-state index contributed by atoms with van der Waals surface area (Å²) >= 11 is 0.